The number of nitrogens with zero attached hydrogens (tertiary/aromatic N) is 2. The van der Waals surface area contributed by atoms with Gasteiger partial charge in [0.25, 0.3) is 0 Å². The zero-order valence-corrected chi connectivity index (χ0v) is 10.2. The summed E-state index contributed by atoms with van der Waals surface area (Å²) in [4.78, 5) is 11.2. The first-order valence-electron chi connectivity index (χ1n) is 4.75. The molecule has 0 fully saturated rings. The van der Waals surface area contributed by atoms with Crippen LogP contribution in [0.2, 0.25) is 0 Å². The summed E-state index contributed by atoms with van der Waals surface area (Å²) in [7, 11) is -2.01. The van der Waals surface area contributed by atoms with Gasteiger partial charge in [-0.15, -0.1) is 0 Å². The fraction of sp³-hybridized carbons (Fsp3) is 0.556. The molecule has 0 radical (unpaired) electrons. The predicted octanol–water partition coefficient (Wildman–Crippen LogP) is 0.0653. The summed E-state index contributed by atoms with van der Waals surface area (Å²) >= 11 is 0. The number of hydrogen-bond donors (Lipinski definition) is 0. The molecule has 0 aromatic carbocycles. The monoisotopic (exact) mass is 246 g/mol. The van der Waals surface area contributed by atoms with Crippen LogP contribution in [0.15, 0.2) is 11.1 Å². The highest BCUT2D eigenvalue weighted by molar-refractivity contribution is 7.92. The normalized spacial score (nSPS) is 11.4. The van der Waals surface area contributed by atoms with Crippen molar-refractivity contribution in [2.45, 2.75) is 18.7 Å². The van der Waals surface area contributed by atoms with Gasteiger partial charge in [-0.2, -0.15) is 5.10 Å². The van der Waals surface area contributed by atoms with Crippen LogP contribution in [0.5, 0.6) is 0 Å². The van der Waals surface area contributed by atoms with E-state index in [9.17, 15) is 13.2 Å². The van der Waals surface area contributed by atoms with Crippen molar-refractivity contribution in [1.82, 2.24) is 9.78 Å². The highest BCUT2D eigenvalue weighted by Crippen LogP contribution is 2.15. The number of carbonyl (C=O) groups is 1. The minimum Gasteiger partial charge on any atom is -0.465 e. The Morgan fingerprint density at radius 1 is 1.56 bits per heavy atom. The molecule has 7 heteroatoms. The Bertz CT molecular complexity index is 490. The van der Waals surface area contributed by atoms with Gasteiger partial charge in [-0.05, 0) is 13.8 Å². The molecule has 0 atom stereocenters. The number of carbonyl (C=O) groups excluding carboxylic acids is 1. The third-order valence-corrected chi connectivity index (χ3v) is 3.83. The minimum atomic E-state index is -3.65. The average Bonchev–Trinajstić information content (AvgIpc) is 2.47. The van der Waals surface area contributed by atoms with Gasteiger partial charge in [0.1, 0.15) is 4.90 Å². The van der Waals surface area contributed by atoms with Crippen LogP contribution in [-0.4, -0.2) is 36.5 Å². The number of rotatable bonds is 4. The first-order valence-corrected chi connectivity index (χ1v) is 6.40. The Hall–Kier alpha value is -1.37. The third-order valence-electron chi connectivity index (χ3n) is 2.14. The molecule has 1 rings (SSSR count). The highest BCUT2D eigenvalue weighted by Gasteiger charge is 2.24. The first-order chi connectivity index (χ1) is 7.38. The fourth-order valence-electron chi connectivity index (χ4n) is 1.22. The quantitative estimate of drug-likeness (QED) is 0.702. The minimum absolute atomic E-state index is 0.0723. The summed E-state index contributed by atoms with van der Waals surface area (Å²) in [5.74, 6) is -1.39. The Kier molecular flexibility index (Phi) is 3.69. The van der Waals surface area contributed by atoms with Crippen LogP contribution in [0.4, 0.5) is 0 Å². The van der Waals surface area contributed by atoms with Gasteiger partial charge in [-0.3, -0.25) is 9.48 Å². The highest BCUT2D eigenvalue weighted by atomic mass is 32.2. The second kappa shape index (κ2) is 4.65. The largest absolute Gasteiger partial charge is 0.465 e. The van der Waals surface area contributed by atoms with Gasteiger partial charge in [0.15, 0.2) is 15.6 Å². The van der Waals surface area contributed by atoms with Crippen molar-refractivity contribution in [2.75, 3.05) is 12.4 Å². The molecule has 0 aliphatic rings. The SMILES string of the molecule is CCOC(=O)CS(=O)(=O)c1cnn(C)c1C. The summed E-state index contributed by atoms with van der Waals surface area (Å²) in [5.41, 5.74) is 0.504. The van der Waals surface area contributed by atoms with Crippen molar-refractivity contribution in [3.05, 3.63) is 11.9 Å². The first kappa shape index (κ1) is 12.7. The van der Waals surface area contributed by atoms with Crippen molar-refractivity contribution >= 4 is 15.8 Å². The smallest absolute Gasteiger partial charge is 0.321 e. The molecule has 0 aliphatic carbocycles. The lowest BCUT2D eigenvalue weighted by Crippen LogP contribution is -2.19. The van der Waals surface area contributed by atoms with E-state index in [1.54, 1.807) is 20.9 Å². The lowest BCUT2D eigenvalue weighted by molar-refractivity contribution is -0.139. The van der Waals surface area contributed by atoms with Gasteiger partial charge in [-0.1, -0.05) is 0 Å². The lowest BCUT2D eigenvalue weighted by Gasteiger charge is -2.03. The summed E-state index contributed by atoms with van der Waals surface area (Å²) in [6.45, 7) is 3.42. The van der Waals surface area contributed by atoms with Gasteiger partial charge in [0.2, 0.25) is 0 Å². The van der Waals surface area contributed by atoms with Gasteiger partial charge in [0.05, 0.1) is 18.5 Å². The summed E-state index contributed by atoms with van der Waals surface area (Å²) < 4.78 is 29.6. The van der Waals surface area contributed by atoms with E-state index in [2.05, 4.69) is 9.84 Å². The van der Waals surface area contributed by atoms with E-state index in [0.717, 1.165) is 0 Å². The second-order valence-electron chi connectivity index (χ2n) is 3.28. The molecule has 0 saturated heterocycles. The van der Waals surface area contributed by atoms with E-state index < -0.39 is 21.6 Å². The molecule has 0 spiro atoms. The zero-order valence-electron chi connectivity index (χ0n) is 9.43. The van der Waals surface area contributed by atoms with Crippen LogP contribution in [0.3, 0.4) is 0 Å². The molecular formula is C9H14N2O4S. The Labute approximate surface area is 94.1 Å². The van der Waals surface area contributed by atoms with Gasteiger partial charge < -0.3 is 4.74 Å². The number of hydrogen-bond acceptors (Lipinski definition) is 5. The number of aryl methyl sites for hydroxylation is 1. The van der Waals surface area contributed by atoms with E-state index in [1.807, 2.05) is 0 Å². The van der Waals surface area contributed by atoms with Crippen molar-refractivity contribution in [3.8, 4) is 0 Å². The van der Waals surface area contributed by atoms with Crippen molar-refractivity contribution in [3.63, 3.8) is 0 Å². The lowest BCUT2D eigenvalue weighted by atomic mass is 10.5. The molecule has 1 heterocycles. The molecule has 0 saturated carbocycles. The van der Waals surface area contributed by atoms with E-state index in [-0.39, 0.29) is 11.5 Å². The van der Waals surface area contributed by atoms with Crippen molar-refractivity contribution in [2.24, 2.45) is 7.05 Å². The van der Waals surface area contributed by atoms with Gasteiger partial charge in [0, 0.05) is 7.05 Å². The van der Waals surface area contributed by atoms with Crippen LogP contribution < -0.4 is 0 Å². The maximum absolute atomic E-state index is 11.8. The van der Waals surface area contributed by atoms with Gasteiger partial charge >= 0.3 is 5.97 Å². The molecular weight excluding hydrogens is 232 g/mol. The van der Waals surface area contributed by atoms with E-state index in [1.165, 1.54) is 10.9 Å². The predicted molar refractivity (Wildman–Crippen MR) is 56.6 cm³/mol. The molecule has 16 heavy (non-hydrogen) atoms. The standard InChI is InChI=1S/C9H14N2O4S/c1-4-15-9(12)6-16(13,14)8-5-10-11(3)7(8)2/h5H,4,6H2,1-3H3. The average molecular weight is 246 g/mol. The Balaban J connectivity index is 2.95. The van der Waals surface area contributed by atoms with Crippen LogP contribution in [0, 0.1) is 6.92 Å². The zero-order chi connectivity index (χ0) is 12.3. The molecule has 0 unspecified atom stereocenters. The maximum atomic E-state index is 11.8. The van der Waals surface area contributed by atoms with Crippen LogP contribution in [-0.2, 0) is 26.4 Å². The van der Waals surface area contributed by atoms with Crippen molar-refractivity contribution in [1.29, 1.82) is 0 Å². The molecule has 6 nitrogen and oxygen atoms in total. The number of aromatic nitrogens is 2. The second-order valence-corrected chi connectivity index (χ2v) is 5.24. The summed E-state index contributed by atoms with van der Waals surface area (Å²) in [6, 6.07) is 0. The van der Waals surface area contributed by atoms with Gasteiger partial charge in [-0.25, -0.2) is 8.42 Å². The molecule has 0 bridgehead atoms. The van der Waals surface area contributed by atoms with E-state index >= 15 is 0 Å². The summed E-state index contributed by atoms with van der Waals surface area (Å²) in [5, 5.41) is 3.82. The molecule has 0 aliphatic heterocycles. The van der Waals surface area contributed by atoms with Crippen LogP contribution in [0.1, 0.15) is 12.6 Å². The summed E-state index contributed by atoms with van der Waals surface area (Å²) in [6.07, 6.45) is 1.24. The number of ether oxygens (including phenoxy) is 1. The third kappa shape index (κ3) is 2.60. The maximum Gasteiger partial charge on any atom is 0.321 e. The topological polar surface area (TPSA) is 78.3 Å². The molecule has 1 aromatic rings. The fourth-order valence-corrected chi connectivity index (χ4v) is 2.56. The molecule has 0 N–H and O–H groups in total. The Morgan fingerprint density at radius 2 is 2.19 bits per heavy atom. The van der Waals surface area contributed by atoms with Crippen molar-refractivity contribution < 1.29 is 17.9 Å². The number of esters is 1. The Morgan fingerprint density at radius 3 is 2.62 bits per heavy atom. The molecule has 90 valence electrons. The molecule has 0 amide bonds. The number of sulfone groups is 1. The van der Waals surface area contributed by atoms with Crippen LogP contribution in [0.25, 0.3) is 0 Å². The van der Waals surface area contributed by atoms with Crippen LogP contribution >= 0.6 is 0 Å². The van der Waals surface area contributed by atoms with E-state index in [4.69, 9.17) is 0 Å². The van der Waals surface area contributed by atoms with E-state index in [0.29, 0.717) is 5.69 Å². The molecule has 1 aromatic heterocycles.